The first-order valence-electron chi connectivity index (χ1n) is 8.51. The minimum atomic E-state index is 0.0641. The van der Waals surface area contributed by atoms with Gasteiger partial charge in [-0.15, -0.1) is 0 Å². The summed E-state index contributed by atoms with van der Waals surface area (Å²) < 4.78 is 0. The third-order valence-corrected chi connectivity index (χ3v) is 7.23. The van der Waals surface area contributed by atoms with Crippen molar-refractivity contribution in [2.24, 2.45) is 11.8 Å². The van der Waals surface area contributed by atoms with Crippen molar-refractivity contribution in [2.45, 2.75) is 59.8 Å². The number of hydrogen-bond donors (Lipinski definition) is 0. The Labute approximate surface area is 128 Å². The van der Waals surface area contributed by atoms with Crippen LogP contribution in [0.5, 0.6) is 0 Å². The summed E-state index contributed by atoms with van der Waals surface area (Å²) in [5.74, 6) is 1.85. The van der Waals surface area contributed by atoms with Gasteiger partial charge in [0.15, 0.2) is 0 Å². The molecule has 1 rings (SSSR count). The Kier molecular flexibility index (Phi) is 9.19. The van der Waals surface area contributed by atoms with Crippen LogP contribution in [-0.2, 0) is 0 Å². The van der Waals surface area contributed by atoms with Gasteiger partial charge >= 0.3 is 0 Å². The van der Waals surface area contributed by atoms with E-state index in [4.69, 9.17) is 0 Å². The molecule has 0 aliphatic rings. The van der Waals surface area contributed by atoms with E-state index in [1.807, 2.05) is 0 Å². The lowest BCUT2D eigenvalue weighted by molar-refractivity contribution is 0.389. The van der Waals surface area contributed by atoms with Crippen LogP contribution in [0.1, 0.15) is 59.8 Å². The van der Waals surface area contributed by atoms with Gasteiger partial charge in [-0.05, 0) is 29.5 Å². The van der Waals surface area contributed by atoms with E-state index in [1.54, 1.807) is 5.30 Å². The van der Waals surface area contributed by atoms with Gasteiger partial charge in [0.05, 0.1) is 0 Å². The molecule has 0 aliphatic carbocycles. The molecule has 0 fully saturated rings. The first-order valence-corrected chi connectivity index (χ1v) is 10.2. The fourth-order valence-electron chi connectivity index (χ4n) is 3.00. The molecule has 0 amide bonds. The summed E-state index contributed by atoms with van der Waals surface area (Å²) in [7, 11) is 0.0641. The van der Waals surface area contributed by atoms with Gasteiger partial charge in [-0.2, -0.15) is 0 Å². The summed E-state index contributed by atoms with van der Waals surface area (Å²) in [6.45, 7) is 9.50. The Morgan fingerprint density at radius 3 is 2.20 bits per heavy atom. The molecule has 0 spiro atoms. The molecule has 0 saturated carbocycles. The molecule has 0 heterocycles. The van der Waals surface area contributed by atoms with Crippen LogP contribution in [-0.4, -0.2) is 12.3 Å². The van der Waals surface area contributed by atoms with Crippen molar-refractivity contribution in [2.75, 3.05) is 12.3 Å². The molecule has 3 unspecified atom stereocenters. The van der Waals surface area contributed by atoms with Gasteiger partial charge in [0, 0.05) is 0 Å². The molecule has 0 nitrogen and oxygen atoms in total. The van der Waals surface area contributed by atoms with E-state index in [-0.39, 0.29) is 7.92 Å². The second-order valence-corrected chi connectivity index (χ2v) is 8.71. The maximum absolute atomic E-state index is 2.46. The Bertz CT molecular complexity index is 333. The summed E-state index contributed by atoms with van der Waals surface area (Å²) in [4.78, 5) is 0. The topological polar surface area (TPSA) is 0 Å². The standard InChI is InChI=1S/C19H33P/c1-5-11-18(6-2)15-14-17(4)16-20(7-3)19-12-9-8-10-13-19/h8-10,12-13,17-18H,5-7,11,14-16H2,1-4H3. The van der Waals surface area contributed by atoms with E-state index in [0.29, 0.717) is 0 Å². The molecule has 114 valence electrons. The van der Waals surface area contributed by atoms with Crippen molar-refractivity contribution in [3.05, 3.63) is 30.3 Å². The first kappa shape index (κ1) is 17.7. The third-order valence-electron chi connectivity index (χ3n) is 4.38. The molecule has 0 aromatic heterocycles. The van der Waals surface area contributed by atoms with Crippen LogP contribution >= 0.6 is 7.92 Å². The van der Waals surface area contributed by atoms with Crippen molar-refractivity contribution < 1.29 is 0 Å². The molecule has 1 aromatic carbocycles. The van der Waals surface area contributed by atoms with Crippen LogP contribution in [0.15, 0.2) is 30.3 Å². The molecular weight excluding hydrogens is 259 g/mol. The van der Waals surface area contributed by atoms with Gasteiger partial charge in [0.25, 0.3) is 0 Å². The van der Waals surface area contributed by atoms with Gasteiger partial charge < -0.3 is 0 Å². The van der Waals surface area contributed by atoms with E-state index in [1.165, 1.54) is 44.4 Å². The SMILES string of the molecule is CCCC(CC)CCC(C)CP(CC)c1ccccc1. The van der Waals surface area contributed by atoms with Crippen molar-refractivity contribution in [3.8, 4) is 0 Å². The predicted molar refractivity (Wildman–Crippen MR) is 95.5 cm³/mol. The zero-order valence-corrected chi connectivity index (χ0v) is 14.8. The van der Waals surface area contributed by atoms with E-state index in [0.717, 1.165) is 11.8 Å². The first-order chi connectivity index (χ1) is 9.71. The summed E-state index contributed by atoms with van der Waals surface area (Å²) in [6, 6.07) is 11.2. The van der Waals surface area contributed by atoms with E-state index in [9.17, 15) is 0 Å². The normalized spacial score (nSPS) is 15.8. The molecule has 1 heteroatoms. The molecule has 0 N–H and O–H groups in total. The van der Waals surface area contributed by atoms with Crippen LogP contribution in [0.25, 0.3) is 0 Å². The lowest BCUT2D eigenvalue weighted by Crippen LogP contribution is -2.11. The van der Waals surface area contributed by atoms with Crippen molar-refractivity contribution in [1.29, 1.82) is 0 Å². The fraction of sp³-hybridized carbons (Fsp3) is 0.684. The number of rotatable bonds is 10. The van der Waals surface area contributed by atoms with Crippen LogP contribution in [0.2, 0.25) is 0 Å². The Morgan fingerprint density at radius 1 is 0.950 bits per heavy atom. The molecule has 0 saturated heterocycles. The van der Waals surface area contributed by atoms with Crippen LogP contribution in [0.4, 0.5) is 0 Å². The van der Waals surface area contributed by atoms with E-state index in [2.05, 4.69) is 58.0 Å². The molecule has 0 bridgehead atoms. The largest absolute Gasteiger partial charge is 0.0753 e. The molecule has 3 atom stereocenters. The summed E-state index contributed by atoms with van der Waals surface area (Å²) in [5.41, 5.74) is 0. The van der Waals surface area contributed by atoms with Gasteiger partial charge in [-0.1, -0.05) is 98.1 Å². The summed E-state index contributed by atoms with van der Waals surface area (Å²) in [5, 5.41) is 1.59. The second kappa shape index (κ2) is 10.4. The third kappa shape index (κ3) is 6.40. The predicted octanol–water partition coefficient (Wildman–Crippen LogP) is 6.06. The highest BCUT2D eigenvalue weighted by Gasteiger charge is 2.14. The zero-order chi connectivity index (χ0) is 14.8. The Balaban J connectivity index is 2.41. The van der Waals surface area contributed by atoms with Gasteiger partial charge in [0.2, 0.25) is 0 Å². The second-order valence-electron chi connectivity index (χ2n) is 6.12. The number of benzene rings is 1. The molecule has 0 radical (unpaired) electrons. The average molecular weight is 292 g/mol. The van der Waals surface area contributed by atoms with Crippen LogP contribution in [0.3, 0.4) is 0 Å². The fourth-order valence-corrected chi connectivity index (χ4v) is 5.37. The van der Waals surface area contributed by atoms with Crippen molar-refractivity contribution in [3.63, 3.8) is 0 Å². The maximum atomic E-state index is 2.46. The molecule has 20 heavy (non-hydrogen) atoms. The lowest BCUT2D eigenvalue weighted by Gasteiger charge is -2.22. The molecular formula is C19H33P. The quantitative estimate of drug-likeness (QED) is 0.460. The maximum Gasteiger partial charge on any atom is -0.0240 e. The lowest BCUT2D eigenvalue weighted by atomic mass is 9.92. The van der Waals surface area contributed by atoms with Crippen molar-refractivity contribution in [1.82, 2.24) is 0 Å². The summed E-state index contributed by atoms with van der Waals surface area (Å²) >= 11 is 0. The van der Waals surface area contributed by atoms with Crippen molar-refractivity contribution >= 4 is 13.2 Å². The highest BCUT2D eigenvalue weighted by molar-refractivity contribution is 7.65. The van der Waals surface area contributed by atoms with Gasteiger partial charge in [-0.25, -0.2) is 0 Å². The highest BCUT2D eigenvalue weighted by Crippen LogP contribution is 2.37. The monoisotopic (exact) mass is 292 g/mol. The highest BCUT2D eigenvalue weighted by atomic mass is 31.1. The summed E-state index contributed by atoms with van der Waals surface area (Å²) in [6.07, 6.45) is 9.73. The van der Waals surface area contributed by atoms with Gasteiger partial charge in [0.1, 0.15) is 0 Å². The molecule has 0 aliphatic heterocycles. The van der Waals surface area contributed by atoms with E-state index < -0.39 is 0 Å². The van der Waals surface area contributed by atoms with Crippen LogP contribution < -0.4 is 5.30 Å². The van der Waals surface area contributed by atoms with Crippen LogP contribution in [0, 0.1) is 11.8 Å². The Hall–Kier alpha value is -0.350. The zero-order valence-electron chi connectivity index (χ0n) is 13.9. The Morgan fingerprint density at radius 2 is 1.65 bits per heavy atom. The minimum Gasteiger partial charge on any atom is -0.0753 e. The molecule has 1 aromatic rings. The average Bonchev–Trinajstić information content (AvgIpc) is 2.49. The number of hydrogen-bond acceptors (Lipinski definition) is 0. The van der Waals surface area contributed by atoms with E-state index >= 15 is 0 Å². The van der Waals surface area contributed by atoms with Gasteiger partial charge in [-0.3, -0.25) is 0 Å². The smallest absolute Gasteiger partial charge is 0.0240 e. The minimum absolute atomic E-state index is 0.0641.